The second-order valence-corrected chi connectivity index (χ2v) is 5.71. The first-order chi connectivity index (χ1) is 13.5. The second-order valence-electron chi connectivity index (χ2n) is 5.71. The Kier molecular flexibility index (Phi) is 7.01. The van der Waals surface area contributed by atoms with Gasteiger partial charge >= 0.3 is 0 Å². The van der Waals surface area contributed by atoms with E-state index in [1.807, 2.05) is 6.07 Å². The molecule has 1 amide bonds. The lowest BCUT2D eigenvalue weighted by atomic mass is 9.92. The van der Waals surface area contributed by atoms with Crippen LogP contribution in [0.25, 0.3) is 0 Å². The zero-order chi connectivity index (χ0) is 20.7. The maximum Gasteiger partial charge on any atom is 0.234 e. The van der Waals surface area contributed by atoms with Crippen LogP contribution in [-0.2, 0) is 9.53 Å². The van der Waals surface area contributed by atoms with E-state index in [1.54, 1.807) is 18.2 Å². The van der Waals surface area contributed by atoms with Crippen LogP contribution in [0.4, 0.5) is 5.69 Å². The van der Waals surface area contributed by atoms with Crippen molar-refractivity contribution in [2.45, 2.75) is 5.92 Å². The van der Waals surface area contributed by atoms with Crippen LogP contribution in [0.15, 0.2) is 24.3 Å². The monoisotopic (exact) mass is 386 g/mol. The molecule has 0 aliphatic rings. The average molecular weight is 386 g/mol. The van der Waals surface area contributed by atoms with Crippen LogP contribution in [0, 0.1) is 11.3 Å². The predicted octanol–water partition coefficient (Wildman–Crippen LogP) is 1.20. The third-order valence-electron chi connectivity index (χ3n) is 4.00. The zero-order valence-electron chi connectivity index (χ0n) is 15.9. The van der Waals surface area contributed by atoms with Gasteiger partial charge in [0.2, 0.25) is 11.8 Å². The molecule has 9 nitrogen and oxygen atoms in total. The largest absolute Gasteiger partial charge is 0.497 e. The molecule has 0 radical (unpaired) electrons. The molecule has 1 aromatic carbocycles. The topological polar surface area (TPSA) is 143 Å². The van der Waals surface area contributed by atoms with Crippen LogP contribution in [0.1, 0.15) is 22.7 Å². The highest BCUT2D eigenvalue weighted by molar-refractivity contribution is 5.86. The number of anilines is 1. The van der Waals surface area contributed by atoms with E-state index in [2.05, 4.69) is 4.98 Å². The van der Waals surface area contributed by atoms with Crippen LogP contribution in [0.2, 0.25) is 0 Å². The SMILES string of the molecule is COCCOc1nc(C(C(N)=O)c2cc(OC)ccc2OC)cc(N)c1C#N. The number of nitrogens with two attached hydrogens (primary N) is 2. The first kappa shape index (κ1) is 20.8. The van der Waals surface area contributed by atoms with Crippen LogP contribution in [-0.4, -0.2) is 45.4 Å². The number of primary amides is 1. The number of nitriles is 1. The van der Waals surface area contributed by atoms with Crippen molar-refractivity contribution in [2.24, 2.45) is 5.73 Å². The van der Waals surface area contributed by atoms with Crippen molar-refractivity contribution >= 4 is 11.6 Å². The lowest BCUT2D eigenvalue weighted by Crippen LogP contribution is -2.24. The van der Waals surface area contributed by atoms with E-state index in [1.165, 1.54) is 27.4 Å². The van der Waals surface area contributed by atoms with Gasteiger partial charge in [0, 0.05) is 12.7 Å². The second kappa shape index (κ2) is 9.43. The van der Waals surface area contributed by atoms with Gasteiger partial charge in [0.1, 0.15) is 35.7 Å². The van der Waals surface area contributed by atoms with Crippen molar-refractivity contribution in [3.05, 3.63) is 41.1 Å². The van der Waals surface area contributed by atoms with E-state index >= 15 is 0 Å². The minimum atomic E-state index is -0.995. The van der Waals surface area contributed by atoms with Crippen LogP contribution >= 0.6 is 0 Å². The number of ether oxygens (including phenoxy) is 4. The van der Waals surface area contributed by atoms with E-state index in [0.717, 1.165) is 0 Å². The van der Waals surface area contributed by atoms with E-state index < -0.39 is 11.8 Å². The molecule has 28 heavy (non-hydrogen) atoms. The molecule has 0 spiro atoms. The number of carbonyl (C=O) groups is 1. The number of hydrogen-bond acceptors (Lipinski definition) is 8. The Balaban J connectivity index is 2.61. The van der Waals surface area contributed by atoms with Crippen molar-refractivity contribution in [3.63, 3.8) is 0 Å². The molecule has 148 valence electrons. The lowest BCUT2D eigenvalue weighted by molar-refractivity contribution is -0.118. The fourth-order valence-electron chi connectivity index (χ4n) is 2.67. The number of hydrogen-bond donors (Lipinski definition) is 2. The molecule has 1 unspecified atom stereocenters. The molecule has 2 aromatic rings. The minimum Gasteiger partial charge on any atom is -0.497 e. The van der Waals surface area contributed by atoms with Gasteiger partial charge in [-0.05, 0) is 24.3 Å². The fraction of sp³-hybridized carbons (Fsp3) is 0.316. The Morgan fingerprint density at radius 2 is 1.96 bits per heavy atom. The van der Waals surface area contributed by atoms with E-state index in [0.29, 0.717) is 23.7 Å². The zero-order valence-corrected chi connectivity index (χ0v) is 15.9. The summed E-state index contributed by atoms with van der Waals surface area (Å²) in [6, 6.07) is 8.37. The maximum absolute atomic E-state index is 12.3. The highest BCUT2D eigenvalue weighted by atomic mass is 16.5. The molecular formula is C19H22N4O5. The summed E-state index contributed by atoms with van der Waals surface area (Å²) in [4.78, 5) is 16.7. The van der Waals surface area contributed by atoms with Gasteiger partial charge in [-0.1, -0.05) is 0 Å². The van der Waals surface area contributed by atoms with Gasteiger partial charge in [0.15, 0.2) is 0 Å². The van der Waals surface area contributed by atoms with Crippen LogP contribution < -0.4 is 25.7 Å². The quantitative estimate of drug-likeness (QED) is 0.612. The number of pyridine rings is 1. The van der Waals surface area contributed by atoms with Gasteiger partial charge in [0.25, 0.3) is 0 Å². The smallest absolute Gasteiger partial charge is 0.234 e. The van der Waals surface area contributed by atoms with Gasteiger partial charge in [-0.2, -0.15) is 5.26 Å². The summed E-state index contributed by atoms with van der Waals surface area (Å²) >= 11 is 0. The van der Waals surface area contributed by atoms with Crippen molar-refractivity contribution in [2.75, 3.05) is 40.3 Å². The van der Waals surface area contributed by atoms with Gasteiger partial charge in [-0.15, -0.1) is 0 Å². The number of nitrogens with zero attached hydrogens (tertiary/aromatic N) is 2. The van der Waals surface area contributed by atoms with Crippen molar-refractivity contribution in [1.82, 2.24) is 4.98 Å². The molecule has 0 aliphatic carbocycles. The van der Waals surface area contributed by atoms with Crippen molar-refractivity contribution in [3.8, 4) is 23.4 Å². The third-order valence-corrected chi connectivity index (χ3v) is 4.00. The number of methoxy groups -OCH3 is 3. The van der Waals surface area contributed by atoms with E-state index in [9.17, 15) is 10.1 Å². The van der Waals surface area contributed by atoms with E-state index in [4.69, 9.17) is 30.4 Å². The summed E-state index contributed by atoms with van der Waals surface area (Å²) in [5, 5.41) is 9.35. The number of aromatic nitrogens is 1. The number of rotatable bonds is 9. The molecule has 1 heterocycles. The van der Waals surface area contributed by atoms with Gasteiger partial charge in [-0.3, -0.25) is 4.79 Å². The van der Waals surface area contributed by atoms with Crippen LogP contribution in [0.5, 0.6) is 17.4 Å². The summed E-state index contributed by atoms with van der Waals surface area (Å²) in [5.41, 5.74) is 12.5. The maximum atomic E-state index is 12.3. The molecular weight excluding hydrogens is 364 g/mol. The molecule has 4 N–H and O–H groups in total. The van der Waals surface area contributed by atoms with Crippen molar-refractivity contribution < 1.29 is 23.7 Å². The van der Waals surface area contributed by atoms with Crippen LogP contribution in [0.3, 0.4) is 0 Å². The third kappa shape index (κ3) is 4.42. The predicted molar refractivity (Wildman–Crippen MR) is 101 cm³/mol. The van der Waals surface area contributed by atoms with Gasteiger partial charge in [0.05, 0.1) is 32.2 Å². The first-order valence-electron chi connectivity index (χ1n) is 8.30. The van der Waals surface area contributed by atoms with Crippen molar-refractivity contribution in [1.29, 1.82) is 5.26 Å². The average Bonchev–Trinajstić information content (AvgIpc) is 2.68. The first-order valence-corrected chi connectivity index (χ1v) is 8.30. The number of amides is 1. The summed E-state index contributed by atoms with van der Waals surface area (Å²) in [6.07, 6.45) is 0. The molecule has 9 heteroatoms. The lowest BCUT2D eigenvalue weighted by Gasteiger charge is -2.19. The summed E-state index contributed by atoms with van der Waals surface area (Å²) in [7, 11) is 4.50. The normalized spacial score (nSPS) is 11.4. The molecule has 2 rings (SSSR count). The molecule has 0 aliphatic heterocycles. The molecule has 0 saturated carbocycles. The van der Waals surface area contributed by atoms with Gasteiger partial charge < -0.3 is 30.4 Å². The summed E-state index contributed by atoms with van der Waals surface area (Å²) in [5.74, 6) is -0.727. The summed E-state index contributed by atoms with van der Waals surface area (Å²) < 4.78 is 21.0. The molecule has 0 bridgehead atoms. The molecule has 0 fully saturated rings. The minimum absolute atomic E-state index is 0.00247. The standard InChI is InChI=1S/C19H22N4O5/c1-25-6-7-28-19-13(10-20)14(21)9-15(23-19)17(18(22)24)12-8-11(26-2)4-5-16(12)27-3/h4-5,8-9,17H,6-7H2,1-3H3,(H2,21,23)(H2,22,24). The Bertz CT molecular complexity index is 895. The Morgan fingerprint density at radius 3 is 2.54 bits per heavy atom. The number of carbonyl (C=O) groups excluding carboxylic acids is 1. The Labute approximate surface area is 162 Å². The molecule has 0 saturated heterocycles. The molecule has 1 atom stereocenters. The van der Waals surface area contributed by atoms with Gasteiger partial charge in [-0.25, -0.2) is 4.98 Å². The summed E-state index contributed by atoms with van der Waals surface area (Å²) in [6.45, 7) is 0.449. The number of nitrogen functional groups attached to an aromatic ring is 1. The number of benzene rings is 1. The fourth-order valence-corrected chi connectivity index (χ4v) is 2.67. The molecule has 1 aromatic heterocycles. The van der Waals surface area contributed by atoms with E-state index in [-0.39, 0.29) is 29.4 Å². The highest BCUT2D eigenvalue weighted by Gasteiger charge is 2.28. The highest BCUT2D eigenvalue weighted by Crippen LogP contribution is 2.36. The Hall–Kier alpha value is -3.51. The Morgan fingerprint density at radius 1 is 1.21 bits per heavy atom.